The molecule has 0 N–H and O–H groups in total. The van der Waals surface area contributed by atoms with Crippen LogP contribution in [0.4, 0.5) is 11.4 Å². The molecule has 0 unspecified atom stereocenters. The Balaban J connectivity index is 2.75. The van der Waals surface area contributed by atoms with E-state index in [0.29, 0.717) is 0 Å². The van der Waals surface area contributed by atoms with Gasteiger partial charge < -0.3 is 4.74 Å². The quantitative estimate of drug-likeness (QED) is 0.245. The third-order valence-corrected chi connectivity index (χ3v) is 3.21. The lowest BCUT2D eigenvalue weighted by Crippen LogP contribution is -2.08. The first kappa shape index (κ1) is 16.4. The van der Waals surface area contributed by atoms with Crippen LogP contribution in [0.3, 0.4) is 0 Å². The van der Waals surface area contributed by atoms with Gasteiger partial charge in [0.15, 0.2) is 0 Å². The zero-order valence-electron chi connectivity index (χ0n) is 10.6. The van der Waals surface area contributed by atoms with Gasteiger partial charge in [-0.25, -0.2) is 0 Å². The van der Waals surface area contributed by atoms with Crippen LogP contribution < -0.4 is 0 Å². The van der Waals surface area contributed by atoms with Gasteiger partial charge in [0.25, 0.3) is 11.4 Å². The third-order valence-electron chi connectivity index (χ3n) is 2.17. The van der Waals surface area contributed by atoms with Crippen LogP contribution in [0.15, 0.2) is 23.1 Å². The summed E-state index contributed by atoms with van der Waals surface area (Å²) in [5, 5.41) is 29.7. The van der Waals surface area contributed by atoms with Gasteiger partial charge in [-0.05, 0) is 6.07 Å². The third kappa shape index (κ3) is 5.07. The normalized spacial score (nSPS) is 9.67. The van der Waals surface area contributed by atoms with E-state index in [1.807, 2.05) is 0 Å². The first-order valence-corrected chi connectivity index (χ1v) is 6.52. The molecule has 1 rings (SSSR count). The lowest BCUT2D eigenvalue weighted by atomic mass is 10.3. The maximum atomic E-state index is 11.3. The minimum atomic E-state index is -0.754. The highest BCUT2D eigenvalue weighted by molar-refractivity contribution is 8.00. The average molecular weight is 311 g/mol. The minimum Gasteiger partial charge on any atom is -0.464 e. The Morgan fingerprint density at radius 1 is 1.33 bits per heavy atom. The van der Waals surface area contributed by atoms with Crippen LogP contribution in [0.25, 0.3) is 0 Å². The second-order valence-electron chi connectivity index (χ2n) is 3.58. The second kappa shape index (κ2) is 7.81. The molecule has 0 radical (unpaired) electrons. The van der Waals surface area contributed by atoms with Gasteiger partial charge in [0.2, 0.25) is 0 Å². The van der Waals surface area contributed by atoms with Crippen molar-refractivity contribution in [3.63, 3.8) is 0 Å². The highest BCUT2D eigenvalue weighted by atomic mass is 32.2. The number of hydrogen-bond donors (Lipinski definition) is 0. The zero-order valence-corrected chi connectivity index (χ0v) is 11.4. The topological polar surface area (TPSA) is 136 Å². The summed E-state index contributed by atoms with van der Waals surface area (Å²) in [7, 11) is 0. The van der Waals surface area contributed by atoms with Crippen LogP contribution in [0.5, 0.6) is 0 Å². The van der Waals surface area contributed by atoms with Crippen molar-refractivity contribution in [3.8, 4) is 6.07 Å². The van der Waals surface area contributed by atoms with Gasteiger partial charge in [0.1, 0.15) is 6.61 Å². The zero-order chi connectivity index (χ0) is 15.8. The van der Waals surface area contributed by atoms with Crippen LogP contribution in [-0.4, -0.2) is 28.2 Å². The number of nitro groups is 2. The summed E-state index contributed by atoms with van der Waals surface area (Å²) in [5.41, 5.74) is -0.846. The molecule has 0 aliphatic heterocycles. The summed E-state index contributed by atoms with van der Waals surface area (Å²) in [4.78, 5) is 31.4. The van der Waals surface area contributed by atoms with Gasteiger partial charge in [-0.1, -0.05) is 0 Å². The van der Waals surface area contributed by atoms with Crippen LogP contribution >= 0.6 is 11.8 Å². The van der Waals surface area contributed by atoms with Crippen molar-refractivity contribution < 1.29 is 19.4 Å². The Kier molecular flexibility index (Phi) is 6.09. The fourth-order valence-electron chi connectivity index (χ4n) is 1.27. The number of non-ortho nitro benzene ring substituents is 1. The molecular formula is C11H9N3O6S. The molecule has 9 nitrogen and oxygen atoms in total. The Morgan fingerprint density at radius 3 is 2.62 bits per heavy atom. The number of rotatable bonds is 7. The molecule has 0 saturated heterocycles. The molecule has 0 spiro atoms. The number of esters is 1. The molecule has 0 bridgehead atoms. The van der Waals surface area contributed by atoms with E-state index in [4.69, 9.17) is 10.00 Å². The molecule has 0 heterocycles. The minimum absolute atomic E-state index is 0.0434. The molecule has 0 amide bonds. The Morgan fingerprint density at radius 2 is 2.05 bits per heavy atom. The van der Waals surface area contributed by atoms with E-state index >= 15 is 0 Å². The Hall–Kier alpha value is -2.67. The molecule has 1 aromatic carbocycles. The molecule has 0 saturated carbocycles. The van der Waals surface area contributed by atoms with E-state index < -0.39 is 27.2 Å². The van der Waals surface area contributed by atoms with Crippen LogP contribution in [0.2, 0.25) is 0 Å². The lowest BCUT2D eigenvalue weighted by Gasteiger charge is -2.03. The van der Waals surface area contributed by atoms with E-state index in [9.17, 15) is 25.0 Å². The van der Waals surface area contributed by atoms with Crippen molar-refractivity contribution in [1.29, 1.82) is 5.26 Å². The molecule has 21 heavy (non-hydrogen) atoms. The van der Waals surface area contributed by atoms with Gasteiger partial charge >= 0.3 is 5.97 Å². The van der Waals surface area contributed by atoms with Gasteiger partial charge in [0, 0.05) is 6.07 Å². The lowest BCUT2D eigenvalue weighted by molar-refractivity contribution is -0.396. The van der Waals surface area contributed by atoms with Crippen molar-refractivity contribution in [2.75, 3.05) is 12.4 Å². The largest absolute Gasteiger partial charge is 0.464 e. The number of nitrogens with zero attached hydrogens (tertiary/aromatic N) is 3. The molecule has 0 atom stereocenters. The van der Waals surface area contributed by atoms with E-state index in [2.05, 4.69) is 0 Å². The SMILES string of the molecule is N#CCCOC(=O)CSc1ccc([N+](=O)[O-])cc1[N+](=O)[O-]. The van der Waals surface area contributed by atoms with Crippen LogP contribution in [0, 0.1) is 31.6 Å². The van der Waals surface area contributed by atoms with Crippen molar-refractivity contribution in [2.45, 2.75) is 11.3 Å². The first-order chi connectivity index (χ1) is 9.95. The number of nitro benzene ring substituents is 2. The van der Waals surface area contributed by atoms with E-state index in [0.717, 1.165) is 23.9 Å². The number of thioether (sulfide) groups is 1. The van der Waals surface area contributed by atoms with Crippen molar-refractivity contribution in [3.05, 3.63) is 38.4 Å². The maximum absolute atomic E-state index is 11.3. The molecule has 10 heteroatoms. The molecule has 0 aliphatic rings. The molecular weight excluding hydrogens is 302 g/mol. The smallest absolute Gasteiger partial charge is 0.316 e. The van der Waals surface area contributed by atoms with Crippen molar-refractivity contribution in [2.24, 2.45) is 0 Å². The first-order valence-electron chi connectivity index (χ1n) is 5.54. The predicted molar refractivity (Wildman–Crippen MR) is 71.7 cm³/mol. The predicted octanol–water partition coefficient (Wildman–Crippen LogP) is 2.05. The molecule has 0 aliphatic carbocycles. The number of hydrogen-bond acceptors (Lipinski definition) is 8. The van der Waals surface area contributed by atoms with E-state index in [1.165, 1.54) is 6.07 Å². The number of carbonyl (C=O) groups is 1. The molecule has 0 aromatic heterocycles. The number of nitriles is 1. The summed E-state index contributed by atoms with van der Waals surface area (Å²) >= 11 is 0.840. The fraction of sp³-hybridized carbons (Fsp3) is 0.273. The highest BCUT2D eigenvalue weighted by Gasteiger charge is 2.20. The molecule has 0 fully saturated rings. The monoisotopic (exact) mass is 311 g/mol. The van der Waals surface area contributed by atoms with E-state index in [-0.39, 0.29) is 23.7 Å². The number of carbonyl (C=O) groups excluding carboxylic acids is 1. The van der Waals surface area contributed by atoms with Gasteiger partial charge in [-0.2, -0.15) is 5.26 Å². The molecule has 110 valence electrons. The Bertz CT molecular complexity index is 612. The van der Waals surface area contributed by atoms with Crippen molar-refractivity contribution >= 4 is 29.1 Å². The summed E-state index contributed by atoms with van der Waals surface area (Å²) < 4.78 is 4.71. The van der Waals surface area contributed by atoms with Gasteiger partial charge in [0.05, 0.1) is 39.1 Å². The summed E-state index contributed by atoms with van der Waals surface area (Å²) in [6.45, 7) is -0.0434. The average Bonchev–Trinajstić information content (AvgIpc) is 2.45. The highest BCUT2D eigenvalue weighted by Crippen LogP contribution is 2.32. The van der Waals surface area contributed by atoms with Crippen LogP contribution in [-0.2, 0) is 9.53 Å². The standard InChI is InChI=1S/C11H9N3O6S/c12-4-1-5-20-11(15)7-21-10-3-2-8(13(16)17)6-9(10)14(18)19/h2-3,6H,1,5,7H2. The summed E-state index contributed by atoms with van der Waals surface area (Å²) in [5.74, 6) is -0.813. The molecule has 1 aromatic rings. The number of benzene rings is 1. The van der Waals surface area contributed by atoms with Gasteiger partial charge in [-0.15, -0.1) is 11.8 Å². The maximum Gasteiger partial charge on any atom is 0.316 e. The number of ether oxygens (including phenoxy) is 1. The summed E-state index contributed by atoms with van der Waals surface area (Å²) in [6.07, 6.45) is 0.0636. The Labute approximate surface area is 122 Å². The van der Waals surface area contributed by atoms with Crippen molar-refractivity contribution in [1.82, 2.24) is 0 Å². The van der Waals surface area contributed by atoms with Crippen LogP contribution in [0.1, 0.15) is 6.42 Å². The summed E-state index contributed by atoms with van der Waals surface area (Å²) in [6, 6.07) is 4.97. The fourth-order valence-corrected chi connectivity index (χ4v) is 2.08. The second-order valence-corrected chi connectivity index (χ2v) is 4.60. The van der Waals surface area contributed by atoms with E-state index in [1.54, 1.807) is 6.07 Å². The van der Waals surface area contributed by atoms with Gasteiger partial charge in [-0.3, -0.25) is 25.0 Å².